The number of nitrogens with zero attached hydrogens (tertiary/aromatic N) is 1. The number of aromatic nitrogens is 1. The van der Waals surface area contributed by atoms with E-state index in [1.807, 2.05) is 17.5 Å². The molecule has 0 saturated carbocycles. The van der Waals surface area contributed by atoms with Gasteiger partial charge in [0.1, 0.15) is 22.3 Å². The molecule has 3 aromatic rings. The second-order valence-corrected chi connectivity index (χ2v) is 5.93. The first-order valence-electron chi connectivity index (χ1n) is 5.89. The zero-order valence-corrected chi connectivity index (χ0v) is 12.1. The van der Waals surface area contributed by atoms with Gasteiger partial charge >= 0.3 is 0 Å². The van der Waals surface area contributed by atoms with Gasteiger partial charge < -0.3 is 5.32 Å². The zero-order valence-electron chi connectivity index (χ0n) is 10.5. The Morgan fingerprint density at radius 2 is 1.90 bits per heavy atom. The summed E-state index contributed by atoms with van der Waals surface area (Å²) >= 11 is 2.87. The van der Waals surface area contributed by atoms with Crippen molar-refractivity contribution in [1.82, 2.24) is 4.98 Å². The Bertz CT molecular complexity index is 764. The summed E-state index contributed by atoms with van der Waals surface area (Å²) in [4.78, 5) is 17.2. The number of halogens is 2. The fourth-order valence-electron chi connectivity index (χ4n) is 1.71. The van der Waals surface area contributed by atoms with Crippen molar-refractivity contribution in [2.75, 3.05) is 5.32 Å². The zero-order chi connectivity index (χ0) is 14.8. The fourth-order valence-corrected chi connectivity index (χ4v) is 3.33. The van der Waals surface area contributed by atoms with Crippen LogP contribution in [-0.2, 0) is 0 Å². The molecule has 0 bridgehead atoms. The maximum absolute atomic E-state index is 13.1. The van der Waals surface area contributed by atoms with Crippen LogP contribution in [0.3, 0.4) is 0 Å². The van der Waals surface area contributed by atoms with Crippen molar-refractivity contribution in [1.29, 1.82) is 0 Å². The van der Waals surface area contributed by atoms with Crippen LogP contribution in [0.1, 0.15) is 10.5 Å². The maximum Gasteiger partial charge on any atom is 0.275 e. The number of amides is 1. The summed E-state index contributed by atoms with van der Waals surface area (Å²) in [6, 6.07) is 6.65. The number of rotatable bonds is 3. The molecule has 0 aliphatic carbocycles. The third-order valence-electron chi connectivity index (χ3n) is 2.59. The number of thiazole rings is 1. The minimum absolute atomic E-state index is 0.0585. The molecule has 21 heavy (non-hydrogen) atoms. The Balaban J connectivity index is 1.79. The van der Waals surface area contributed by atoms with Crippen LogP contribution in [0.15, 0.2) is 41.1 Å². The summed E-state index contributed by atoms with van der Waals surface area (Å²) in [6.45, 7) is 0. The van der Waals surface area contributed by atoms with Gasteiger partial charge in [0.15, 0.2) is 0 Å². The van der Waals surface area contributed by atoms with E-state index in [1.165, 1.54) is 22.7 Å². The summed E-state index contributed by atoms with van der Waals surface area (Å²) in [7, 11) is 0. The van der Waals surface area contributed by atoms with Gasteiger partial charge in [0, 0.05) is 17.1 Å². The highest BCUT2D eigenvalue weighted by molar-refractivity contribution is 7.20. The van der Waals surface area contributed by atoms with Crippen molar-refractivity contribution in [3.8, 4) is 9.88 Å². The number of nitrogens with one attached hydrogen (secondary N) is 1. The predicted molar refractivity (Wildman–Crippen MR) is 79.7 cm³/mol. The van der Waals surface area contributed by atoms with E-state index < -0.39 is 17.5 Å². The Morgan fingerprint density at radius 3 is 2.57 bits per heavy atom. The number of thiophene rings is 1. The lowest BCUT2D eigenvalue weighted by Gasteiger charge is -2.03. The van der Waals surface area contributed by atoms with Gasteiger partial charge in [-0.15, -0.1) is 22.7 Å². The molecule has 0 atom stereocenters. The SMILES string of the molecule is O=C(Nc1cc(F)cc(F)c1)c1csc(-c2cccs2)n1. The van der Waals surface area contributed by atoms with Gasteiger partial charge in [0.2, 0.25) is 0 Å². The van der Waals surface area contributed by atoms with Crippen molar-refractivity contribution in [2.45, 2.75) is 0 Å². The normalized spacial score (nSPS) is 10.6. The van der Waals surface area contributed by atoms with Crippen LogP contribution >= 0.6 is 22.7 Å². The summed E-state index contributed by atoms with van der Waals surface area (Å²) in [5, 5.41) is 6.70. The molecule has 1 N–H and O–H groups in total. The van der Waals surface area contributed by atoms with Crippen LogP contribution in [-0.4, -0.2) is 10.9 Å². The lowest BCUT2D eigenvalue weighted by molar-refractivity contribution is 0.102. The van der Waals surface area contributed by atoms with E-state index in [2.05, 4.69) is 10.3 Å². The third-order valence-corrected chi connectivity index (χ3v) is 4.47. The van der Waals surface area contributed by atoms with Gasteiger partial charge in [0.05, 0.1) is 4.88 Å². The first kappa shape index (κ1) is 13.8. The van der Waals surface area contributed by atoms with Crippen LogP contribution in [0, 0.1) is 11.6 Å². The first-order valence-corrected chi connectivity index (χ1v) is 7.64. The quantitative estimate of drug-likeness (QED) is 0.776. The van der Waals surface area contributed by atoms with E-state index in [-0.39, 0.29) is 11.4 Å². The van der Waals surface area contributed by atoms with Gasteiger partial charge in [-0.25, -0.2) is 13.8 Å². The highest BCUT2D eigenvalue weighted by atomic mass is 32.1. The number of hydrogen-bond donors (Lipinski definition) is 1. The summed E-state index contributed by atoms with van der Waals surface area (Å²) < 4.78 is 26.1. The minimum Gasteiger partial charge on any atom is -0.320 e. The Morgan fingerprint density at radius 1 is 1.14 bits per heavy atom. The van der Waals surface area contributed by atoms with Crippen molar-refractivity contribution in [2.24, 2.45) is 0 Å². The number of carbonyl (C=O) groups is 1. The molecule has 106 valence electrons. The topological polar surface area (TPSA) is 42.0 Å². The number of anilines is 1. The average molecular weight is 322 g/mol. The number of carbonyl (C=O) groups excluding carboxylic acids is 1. The van der Waals surface area contributed by atoms with Crippen molar-refractivity contribution < 1.29 is 13.6 Å². The summed E-state index contributed by atoms with van der Waals surface area (Å²) in [5.74, 6) is -2.00. The van der Waals surface area contributed by atoms with Crippen LogP contribution in [0.2, 0.25) is 0 Å². The van der Waals surface area contributed by atoms with Crippen LogP contribution in [0.4, 0.5) is 14.5 Å². The minimum atomic E-state index is -0.747. The second kappa shape index (κ2) is 5.71. The molecule has 2 aromatic heterocycles. The summed E-state index contributed by atoms with van der Waals surface area (Å²) in [6.07, 6.45) is 0. The van der Waals surface area contributed by atoms with Crippen molar-refractivity contribution in [3.05, 3.63) is 58.4 Å². The second-order valence-electron chi connectivity index (χ2n) is 4.13. The van der Waals surface area contributed by atoms with E-state index in [1.54, 1.807) is 5.38 Å². The lowest BCUT2D eigenvalue weighted by atomic mass is 10.3. The van der Waals surface area contributed by atoms with E-state index in [9.17, 15) is 13.6 Å². The average Bonchev–Trinajstić information content (AvgIpc) is 3.09. The van der Waals surface area contributed by atoms with E-state index in [4.69, 9.17) is 0 Å². The molecule has 0 aliphatic rings. The molecular formula is C14H8F2N2OS2. The van der Waals surface area contributed by atoms with Crippen LogP contribution < -0.4 is 5.32 Å². The van der Waals surface area contributed by atoms with Crippen molar-refractivity contribution in [3.63, 3.8) is 0 Å². The fraction of sp³-hybridized carbons (Fsp3) is 0. The van der Waals surface area contributed by atoms with Gasteiger partial charge in [-0.2, -0.15) is 0 Å². The van der Waals surface area contributed by atoms with Crippen LogP contribution in [0.5, 0.6) is 0 Å². The molecule has 0 fully saturated rings. The standard InChI is InChI=1S/C14H8F2N2OS2/c15-8-4-9(16)6-10(5-8)17-13(19)11-7-21-14(18-11)12-2-1-3-20-12/h1-7H,(H,17,19). The smallest absolute Gasteiger partial charge is 0.275 e. The summed E-state index contributed by atoms with van der Waals surface area (Å²) in [5.41, 5.74) is 0.274. The molecular weight excluding hydrogens is 314 g/mol. The van der Waals surface area contributed by atoms with E-state index >= 15 is 0 Å². The molecule has 7 heteroatoms. The molecule has 0 aliphatic heterocycles. The Labute approximate surface area is 126 Å². The predicted octanol–water partition coefficient (Wildman–Crippen LogP) is 4.40. The van der Waals surface area contributed by atoms with Gasteiger partial charge in [-0.05, 0) is 23.6 Å². The molecule has 3 nitrogen and oxygen atoms in total. The monoisotopic (exact) mass is 322 g/mol. The molecule has 0 spiro atoms. The van der Waals surface area contributed by atoms with E-state index in [0.717, 1.165) is 28.1 Å². The number of benzene rings is 1. The largest absolute Gasteiger partial charge is 0.320 e. The van der Waals surface area contributed by atoms with E-state index in [0.29, 0.717) is 0 Å². The molecule has 0 unspecified atom stereocenters. The molecule has 0 saturated heterocycles. The molecule has 1 amide bonds. The van der Waals surface area contributed by atoms with Gasteiger partial charge in [-0.1, -0.05) is 6.07 Å². The van der Waals surface area contributed by atoms with Gasteiger partial charge in [-0.3, -0.25) is 4.79 Å². The highest BCUT2D eigenvalue weighted by Gasteiger charge is 2.13. The lowest BCUT2D eigenvalue weighted by Crippen LogP contribution is -2.12. The number of hydrogen-bond acceptors (Lipinski definition) is 4. The van der Waals surface area contributed by atoms with Crippen molar-refractivity contribution >= 4 is 34.3 Å². The Hall–Kier alpha value is -2.12. The maximum atomic E-state index is 13.1. The van der Waals surface area contributed by atoms with Crippen LogP contribution in [0.25, 0.3) is 9.88 Å². The molecule has 0 radical (unpaired) electrons. The first-order chi connectivity index (χ1) is 10.1. The molecule has 3 rings (SSSR count). The van der Waals surface area contributed by atoms with Gasteiger partial charge in [0.25, 0.3) is 5.91 Å². The molecule has 1 aromatic carbocycles. The third kappa shape index (κ3) is 3.14. The highest BCUT2D eigenvalue weighted by Crippen LogP contribution is 2.28. The Kier molecular flexibility index (Phi) is 3.76. The molecule has 2 heterocycles.